The van der Waals surface area contributed by atoms with E-state index in [-0.39, 0.29) is 5.78 Å². The number of pyridine rings is 1. The molecule has 0 aliphatic heterocycles. The van der Waals surface area contributed by atoms with E-state index in [1.54, 1.807) is 25.4 Å². The van der Waals surface area contributed by atoms with E-state index in [9.17, 15) is 4.79 Å². The third-order valence-electron chi connectivity index (χ3n) is 3.19. The molecule has 0 radical (unpaired) electrons. The van der Waals surface area contributed by atoms with Crippen LogP contribution in [0.25, 0.3) is 10.9 Å². The first-order chi connectivity index (χ1) is 9.78. The van der Waals surface area contributed by atoms with Gasteiger partial charge in [-0.1, -0.05) is 30.3 Å². The highest BCUT2D eigenvalue weighted by Crippen LogP contribution is 2.20. The molecule has 0 saturated carbocycles. The Hall–Kier alpha value is -2.68. The van der Waals surface area contributed by atoms with Crippen molar-refractivity contribution in [1.82, 2.24) is 4.98 Å². The third kappa shape index (κ3) is 2.26. The number of fused-ring (bicyclic) bond motifs is 1. The largest absolute Gasteiger partial charge is 0.497 e. The molecule has 0 N–H and O–H groups in total. The fourth-order valence-electron chi connectivity index (χ4n) is 2.11. The first kappa shape index (κ1) is 12.4. The van der Waals surface area contributed by atoms with Gasteiger partial charge in [-0.15, -0.1) is 0 Å². The van der Waals surface area contributed by atoms with E-state index >= 15 is 0 Å². The molecule has 0 saturated heterocycles. The lowest BCUT2D eigenvalue weighted by molar-refractivity contribution is 0.103. The highest BCUT2D eigenvalue weighted by atomic mass is 16.5. The van der Waals surface area contributed by atoms with Crippen molar-refractivity contribution in [3.05, 3.63) is 71.9 Å². The van der Waals surface area contributed by atoms with Crippen LogP contribution in [0.1, 0.15) is 15.9 Å². The van der Waals surface area contributed by atoms with Gasteiger partial charge in [0, 0.05) is 28.8 Å². The molecule has 2 aromatic carbocycles. The van der Waals surface area contributed by atoms with Crippen molar-refractivity contribution >= 4 is 16.7 Å². The maximum atomic E-state index is 12.3. The van der Waals surface area contributed by atoms with Crippen LogP contribution in [-0.2, 0) is 0 Å². The number of rotatable bonds is 3. The van der Waals surface area contributed by atoms with Gasteiger partial charge in [-0.05, 0) is 18.2 Å². The average Bonchev–Trinajstić information content (AvgIpc) is 2.54. The van der Waals surface area contributed by atoms with Crippen molar-refractivity contribution < 1.29 is 9.53 Å². The summed E-state index contributed by atoms with van der Waals surface area (Å²) in [6.45, 7) is 0. The Morgan fingerprint density at radius 1 is 1.00 bits per heavy atom. The first-order valence-electron chi connectivity index (χ1n) is 6.31. The fourth-order valence-corrected chi connectivity index (χ4v) is 2.11. The third-order valence-corrected chi connectivity index (χ3v) is 3.19. The van der Waals surface area contributed by atoms with Crippen molar-refractivity contribution in [2.45, 2.75) is 0 Å². The van der Waals surface area contributed by atoms with Gasteiger partial charge < -0.3 is 4.74 Å². The maximum Gasteiger partial charge on any atom is 0.194 e. The molecule has 1 aromatic heterocycles. The molecule has 3 heteroatoms. The highest BCUT2D eigenvalue weighted by Gasteiger charge is 2.10. The van der Waals surface area contributed by atoms with Gasteiger partial charge in [0.25, 0.3) is 0 Å². The Balaban J connectivity index is 2.03. The number of hydrogen-bond acceptors (Lipinski definition) is 3. The van der Waals surface area contributed by atoms with Crippen molar-refractivity contribution in [2.75, 3.05) is 7.11 Å². The summed E-state index contributed by atoms with van der Waals surface area (Å²) in [6.07, 6.45) is 1.61. The van der Waals surface area contributed by atoms with E-state index in [0.717, 1.165) is 16.7 Å². The number of carbonyl (C=O) groups is 1. The number of nitrogens with zero attached hydrogens (tertiary/aromatic N) is 1. The van der Waals surface area contributed by atoms with E-state index in [1.807, 2.05) is 42.5 Å². The number of carbonyl (C=O) groups excluding carboxylic acids is 1. The molecule has 98 valence electrons. The second-order valence-corrected chi connectivity index (χ2v) is 4.48. The number of methoxy groups -OCH3 is 1. The summed E-state index contributed by atoms with van der Waals surface area (Å²) in [5.41, 5.74) is 2.07. The van der Waals surface area contributed by atoms with Crippen LogP contribution in [0.4, 0.5) is 0 Å². The summed E-state index contributed by atoms with van der Waals surface area (Å²) in [6, 6.07) is 16.7. The van der Waals surface area contributed by atoms with Crippen LogP contribution in [0.15, 0.2) is 60.8 Å². The molecule has 20 heavy (non-hydrogen) atoms. The molecule has 0 aliphatic carbocycles. The molecule has 1 heterocycles. The van der Waals surface area contributed by atoms with Crippen LogP contribution in [0, 0.1) is 0 Å². The summed E-state index contributed by atoms with van der Waals surface area (Å²) in [5.74, 6) is 0.739. The van der Waals surface area contributed by atoms with Gasteiger partial charge in [0.05, 0.1) is 12.6 Å². The van der Waals surface area contributed by atoms with Crippen LogP contribution in [0.2, 0.25) is 0 Å². The molecular formula is C17H13NO2. The Bertz CT molecular complexity index is 766. The SMILES string of the molecule is COc1ccc2cc(C(=O)c3ccccc3)cnc2c1. The van der Waals surface area contributed by atoms with Gasteiger partial charge in [-0.2, -0.15) is 0 Å². The second-order valence-electron chi connectivity index (χ2n) is 4.48. The minimum atomic E-state index is -0.0178. The molecule has 0 aliphatic rings. The van der Waals surface area contributed by atoms with Crippen LogP contribution in [0.5, 0.6) is 5.75 Å². The Morgan fingerprint density at radius 3 is 2.55 bits per heavy atom. The molecule has 0 bridgehead atoms. The minimum Gasteiger partial charge on any atom is -0.497 e. The van der Waals surface area contributed by atoms with Gasteiger partial charge in [0.1, 0.15) is 5.75 Å². The second kappa shape index (κ2) is 5.13. The van der Waals surface area contributed by atoms with Crippen LogP contribution in [-0.4, -0.2) is 17.9 Å². The lowest BCUT2D eigenvalue weighted by Gasteiger charge is -2.04. The highest BCUT2D eigenvalue weighted by molar-refractivity contribution is 6.10. The normalized spacial score (nSPS) is 10.4. The van der Waals surface area contributed by atoms with E-state index in [1.165, 1.54) is 0 Å². The Kier molecular flexibility index (Phi) is 3.17. The fraction of sp³-hybridized carbons (Fsp3) is 0.0588. The monoisotopic (exact) mass is 263 g/mol. The molecule has 0 amide bonds. The number of hydrogen-bond donors (Lipinski definition) is 0. The van der Waals surface area contributed by atoms with Crippen LogP contribution < -0.4 is 4.74 Å². The standard InChI is InChI=1S/C17H13NO2/c1-20-15-8-7-13-9-14(11-18-16(13)10-15)17(19)12-5-3-2-4-6-12/h2-11H,1H3. The van der Waals surface area contributed by atoms with Crippen LogP contribution in [0.3, 0.4) is 0 Å². The minimum absolute atomic E-state index is 0.0178. The number of benzene rings is 2. The van der Waals surface area contributed by atoms with Gasteiger partial charge >= 0.3 is 0 Å². The number of aromatic nitrogens is 1. The number of ketones is 1. The summed E-state index contributed by atoms with van der Waals surface area (Å²) >= 11 is 0. The summed E-state index contributed by atoms with van der Waals surface area (Å²) in [5, 5.41) is 0.924. The molecule has 0 fully saturated rings. The predicted molar refractivity (Wildman–Crippen MR) is 78.2 cm³/mol. The van der Waals surface area contributed by atoms with Crippen molar-refractivity contribution in [3.8, 4) is 5.75 Å². The molecule has 0 atom stereocenters. The Morgan fingerprint density at radius 2 is 1.80 bits per heavy atom. The van der Waals surface area contributed by atoms with Crippen molar-refractivity contribution in [2.24, 2.45) is 0 Å². The quantitative estimate of drug-likeness (QED) is 0.679. The zero-order valence-corrected chi connectivity index (χ0v) is 11.0. The van der Waals surface area contributed by atoms with Crippen molar-refractivity contribution in [3.63, 3.8) is 0 Å². The van der Waals surface area contributed by atoms with Gasteiger partial charge in [0.15, 0.2) is 5.78 Å². The topological polar surface area (TPSA) is 39.2 Å². The summed E-state index contributed by atoms with van der Waals surface area (Å²) in [4.78, 5) is 16.7. The molecule has 0 unspecified atom stereocenters. The lowest BCUT2D eigenvalue weighted by atomic mass is 10.0. The van der Waals surface area contributed by atoms with E-state index in [2.05, 4.69) is 4.98 Å². The molecule has 3 nitrogen and oxygen atoms in total. The van der Waals surface area contributed by atoms with Gasteiger partial charge in [-0.25, -0.2) is 0 Å². The predicted octanol–water partition coefficient (Wildman–Crippen LogP) is 3.47. The smallest absolute Gasteiger partial charge is 0.194 e. The van der Waals surface area contributed by atoms with E-state index < -0.39 is 0 Å². The van der Waals surface area contributed by atoms with Crippen molar-refractivity contribution in [1.29, 1.82) is 0 Å². The van der Waals surface area contributed by atoms with Crippen LogP contribution >= 0.6 is 0 Å². The average molecular weight is 263 g/mol. The molecular weight excluding hydrogens is 250 g/mol. The zero-order chi connectivity index (χ0) is 13.9. The van der Waals surface area contributed by atoms with E-state index in [4.69, 9.17) is 4.74 Å². The maximum absolute atomic E-state index is 12.3. The molecule has 3 rings (SSSR count). The summed E-state index contributed by atoms with van der Waals surface area (Å²) < 4.78 is 5.16. The molecule has 3 aromatic rings. The Labute approximate surface area is 116 Å². The van der Waals surface area contributed by atoms with Gasteiger partial charge in [-0.3, -0.25) is 9.78 Å². The zero-order valence-electron chi connectivity index (χ0n) is 11.0. The van der Waals surface area contributed by atoms with E-state index in [0.29, 0.717) is 11.1 Å². The summed E-state index contributed by atoms with van der Waals surface area (Å²) in [7, 11) is 1.62. The lowest BCUT2D eigenvalue weighted by Crippen LogP contribution is -2.01. The number of ether oxygens (including phenoxy) is 1. The first-order valence-corrected chi connectivity index (χ1v) is 6.31. The molecule has 0 spiro atoms. The van der Waals surface area contributed by atoms with Gasteiger partial charge in [0.2, 0.25) is 0 Å².